The van der Waals surface area contributed by atoms with E-state index in [2.05, 4.69) is 13.0 Å². The molecule has 2 heteroatoms. The van der Waals surface area contributed by atoms with Crippen LogP contribution in [0.4, 0.5) is 0 Å². The lowest BCUT2D eigenvalue weighted by molar-refractivity contribution is -0.137. The van der Waals surface area contributed by atoms with Gasteiger partial charge in [0.05, 0.1) is 6.61 Å². The highest BCUT2D eigenvalue weighted by Gasteiger charge is 1.89. The molecule has 0 aromatic heterocycles. The minimum Gasteiger partial charge on any atom is -0.463 e. The van der Waals surface area contributed by atoms with E-state index in [9.17, 15) is 4.79 Å². The fourth-order valence-electron chi connectivity index (χ4n) is 1.01. The van der Waals surface area contributed by atoms with Gasteiger partial charge < -0.3 is 4.74 Å². The normalized spacial score (nSPS) is 11.3. The lowest BCUT2D eigenvalue weighted by Crippen LogP contribution is -1.98. The second kappa shape index (κ2) is 10.0. The zero-order chi connectivity index (χ0) is 10.6. The molecule has 0 bridgehead atoms. The van der Waals surface area contributed by atoms with E-state index in [0.29, 0.717) is 6.61 Å². The summed E-state index contributed by atoms with van der Waals surface area (Å²) >= 11 is 0. The third-order valence-electron chi connectivity index (χ3n) is 1.74. The Morgan fingerprint density at radius 3 is 2.64 bits per heavy atom. The van der Waals surface area contributed by atoms with Crippen LogP contribution in [0.15, 0.2) is 24.3 Å². The molecule has 0 radical (unpaired) electrons. The van der Waals surface area contributed by atoms with Gasteiger partial charge in [-0.05, 0) is 19.8 Å². The van der Waals surface area contributed by atoms with Crippen molar-refractivity contribution in [1.82, 2.24) is 0 Å². The topological polar surface area (TPSA) is 26.3 Å². The number of rotatable bonds is 7. The van der Waals surface area contributed by atoms with Gasteiger partial charge in [-0.3, -0.25) is 0 Å². The third-order valence-corrected chi connectivity index (χ3v) is 1.74. The maximum absolute atomic E-state index is 10.8. The van der Waals surface area contributed by atoms with Crippen LogP contribution in [-0.4, -0.2) is 12.6 Å². The standard InChI is InChI=1S/C12H20O2/c1-3-5-6-7-8-9-10-11-12(13)14-4-2/h8-11H,3-7H2,1-2H3/b9-8-,11-10+. The Morgan fingerprint density at radius 2 is 2.00 bits per heavy atom. The van der Waals surface area contributed by atoms with E-state index in [1.165, 1.54) is 25.3 Å². The second-order valence-electron chi connectivity index (χ2n) is 3.04. The molecule has 0 saturated heterocycles. The molecule has 0 aliphatic rings. The number of esters is 1. The first kappa shape index (κ1) is 12.9. The van der Waals surface area contributed by atoms with Gasteiger partial charge in [-0.1, -0.05) is 38.0 Å². The molecule has 2 nitrogen and oxygen atoms in total. The molecule has 0 saturated carbocycles. The Bertz CT molecular complexity index is 192. The molecule has 0 aromatic rings. The maximum atomic E-state index is 10.8. The van der Waals surface area contributed by atoms with Crippen molar-refractivity contribution in [1.29, 1.82) is 0 Å². The summed E-state index contributed by atoms with van der Waals surface area (Å²) in [4.78, 5) is 10.8. The van der Waals surface area contributed by atoms with E-state index in [0.717, 1.165) is 6.42 Å². The first-order valence-electron chi connectivity index (χ1n) is 5.31. The van der Waals surface area contributed by atoms with Crippen molar-refractivity contribution in [3.63, 3.8) is 0 Å². The summed E-state index contributed by atoms with van der Waals surface area (Å²) in [6.07, 6.45) is 12.0. The highest BCUT2D eigenvalue weighted by Crippen LogP contribution is 1.99. The second-order valence-corrected chi connectivity index (χ2v) is 3.04. The molecular weight excluding hydrogens is 176 g/mol. The van der Waals surface area contributed by atoms with Crippen molar-refractivity contribution >= 4 is 5.97 Å². The van der Waals surface area contributed by atoms with Gasteiger partial charge >= 0.3 is 5.97 Å². The molecule has 0 unspecified atom stereocenters. The largest absolute Gasteiger partial charge is 0.463 e. The van der Waals surface area contributed by atoms with E-state index in [-0.39, 0.29) is 5.97 Å². The Morgan fingerprint density at radius 1 is 1.21 bits per heavy atom. The zero-order valence-electron chi connectivity index (χ0n) is 9.16. The highest BCUT2D eigenvalue weighted by atomic mass is 16.5. The van der Waals surface area contributed by atoms with Crippen LogP contribution in [0.5, 0.6) is 0 Å². The van der Waals surface area contributed by atoms with Crippen molar-refractivity contribution in [2.24, 2.45) is 0 Å². The molecule has 0 atom stereocenters. The minimum absolute atomic E-state index is 0.272. The van der Waals surface area contributed by atoms with Crippen LogP contribution in [0.2, 0.25) is 0 Å². The van der Waals surface area contributed by atoms with Crippen LogP contribution in [0.1, 0.15) is 39.5 Å². The summed E-state index contributed by atoms with van der Waals surface area (Å²) in [6.45, 7) is 4.42. The van der Waals surface area contributed by atoms with Gasteiger partial charge in [0, 0.05) is 6.08 Å². The van der Waals surface area contributed by atoms with E-state index >= 15 is 0 Å². The monoisotopic (exact) mass is 196 g/mol. The predicted octanol–water partition coefficient (Wildman–Crippen LogP) is 3.24. The number of unbranched alkanes of at least 4 members (excludes halogenated alkanes) is 3. The lowest BCUT2D eigenvalue weighted by atomic mass is 10.2. The summed E-state index contributed by atoms with van der Waals surface area (Å²) in [5.74, 6) is -0.272. The van der Waals surface area contributed by atoms with Gasteiger partial charge in [-0.25, -0.2) is 4.79 Å². The molecule has 0 aliphatic heterocycles. The van der Waals surface area contributed by atoms with E-state index in [1.807, 2.05) is 6.08 Å². The molecule has 0 heterocycles. The average Bonchev–Trinajstić information content (AvgIpc) is 2.17. The molecule has 0 spiro atoms. The number of carbonyl (C=O) groups excluding carboxylic acids is 1. The third kappa shape index (κ3) is 9.04. The van der Waals surface area contributed by atoms with Crippen molar-refractivity contribution in [2.75, 3.05) is 6.61 Å². The molecule has 14 heavy (non-hydrogen) atoms. The Hall–Kier alpha value is -1.05. The number of hydrogen-bond acceptors (Lipinski definition) is 2. The van der Waals surface area contributed by atoms with Gasteiger partial charge in [-0.15, -0.1) is 0 Å². The molecule has 0 amide bonds. The van der Waals surface area contributed by atoms with E-state index in [4.69, 9.17) is 4.74 Å². The highest BCUT2D eigenvalue weighted by molar-refractivity contribution is 5.82. The molecule has 80 valence electrons. The van der Waals surface area contributed by atoms with E-state index < -0.39 is 0 Å². The summed E-state index contributed by atoms with van der Waals surface area (Å²) < 4.78 is 4.73. The summed E-state index contributed by atoms with van der Waals surface area (Å²) in [6, 6.07) is 0. The van der Waals surface area contributed by atoms with Crippen LogP contribution in [0, 0.1) is 0 Å². The van der Waals surface area contributed by atoms with Crippen LogP contribution < -0.4 is 0 Å². The van der Waals surface area contributed by atoms with Crippen molar-refractivity contribution < 1.29 is 9.53 Å². The first-order chi connectivity index (χ1) is 6.81. The number of ether oxygens (including phenoxy) is 1. The Kier molecular flexibility index (Phi) is 9.28. The van der Waals surface area contributed by atoms with Crippen LogP contribution >= 0.6 is 0 Å². The first-order valence-corrected chi connectivity index (χ1v) is 5.31. The smallest absolute Gasteiger partial charge is 0.330 e. The van der Waals surface area contributed by atoms with Gasteiger partial charge in [0.1, 0.15) is 0 Å². The van der Waals surface area contributed by atoms with Gasteiger partial charge in [0.25, 0.3) is 0 Å². The van der Waals surface area contributed by atoms with Gasteiger partial charge in [-0.2, -0.15) is 0 Å². The van der Waals surface area contributed by atoms with Crippen molar-refractivity contribution in [2.45, 2.75) is 39.5 Å². The van der Waals surface area contributed by atoms with Crippen molar-refractivity contribution in [3.05, 3.63) is 24.3 Å². The van der Waals surface area contributed by atoms with Gasteiger partial charge in [0.2, 0.25) is 0 Å². The predicted molar refractivity (Wildman–Crippen MR) is 59.1 cm³/mol. The summed E-state index contributed by atoms with van der Waals surface area (Å²) in [5.41, 5.74) is 0. The zero-order valence-corrected chi connectivity index (χ0v) is 9.16. The van der Waals surface area contributed by atoms with Crippen molar-refractivity contribution in [3.8, 4) is 0 Å². The fourth-order valence-corrected chi connectivity index (χ4v) is 1.01. The molecule has 0 N–H and O–H groups in total. The molecule has 0 aromatic carbocycles. The van der Waals surface area contributed by atoms with Gasteiger partial charge in [0.15, 0.2) is 0 Å². The van der Waals surface area contributed by atoms with E-state index in [1.54, 1.807) is 13.0 Å². The van der Waals surface area contributed by atoms with Crippen LogP contribution in [0.3, 0.4) is 0 Å². The van der Waals surface area contributed by atoms with Crippen LogP contribution in [-0.2, 0) is 9.53 Å². The summed E-state index contributed by atoms with van der Waals surface area (Å²) in [5, 5.41) is 0. The Labute approximate surface area is 86.6 Å². The minimum atomic E-state index is -0.272. The average molecular weight is 196 g/mol. The lowest BCUT2D eigenvalue weighted by Gasteiger charge is -1.92. The molecule has 0 fully saturated rings. The molecule has 0 aliphatic carbocycles. The molecular formula is C12H20O2. The molecule has 0 rings (SSSR count). The quantitative estimate of drug-likeness (QED) is 0.270. The number of allylic oxidation sites excluding steroid dienone is 3. The maximum Gasteiger partial charge on any atom is 0.330 e. The number of carbonyl (C=O) groups is 1. The Balaban J connectivity index is 3.45. The fraction of sp³-hybridized carbons (Fsp3) is 0.583. The van der Waals surface area contributed by atoms with Crippen LogP contribution in [0.25, 0.3) is 0 Å². The summed E-state index contributed by atoms with van der Waals surface area (Å²) in [7, 11) is 0. The SMILES string of the molecule is CCCCC/C=C\C=C\C(=O)OCC. The number of hydrogen-bond donors (Lipinski definition) is 0.